The van der Waals surface area contributed by atoms with Gasteiger partial charge in [-0.3, -0.25) is 14.4 Å². The third kappa shape index (κ3) is 4.62. The van der Waals surface area contributed by atoms with Crippen molar-refractivity contribution >= 4 is 17.8 Å². The zero-order valence-electron chi connectivity index (χ0n) is 13.9. The van der Waals surface area contributed by atoms with Crippen molar-refractivity contribution in [2.75, 3.05) is 19.9 Å². The molecule has 1 aromatic carbocycles. The highest BCUT2D eigenvalue weighted by atomic mass is 16.7. The van der Waals surface area contributed by atoms with Gasteiger partial charge < -0.3 is 24.8 Å². The topological polar surface area (TPSA) is 103 Å². The molecule has 8 nitrogen and oxygen atoms in total. The predicted octanol–water partition coefficient (Wildman–Crippen LogP) is 0.603. The summed E-state index contributed by atoms with van der Waals surface area (Å²) in [6.45, 7) is 1.38. The summed E-state index contributed by atoms with van der Waals surface area (Å²) in [7, 11) is 0. The second-order valence-corrected chi connectivity index (χ2v) is 6.11. The van der Waals surface area contributed by atoms with E-state index >= 15 is 0 Å². The Morgan fingerprint density at radius 1 is 1.24 bits per heavy atom. The maximum Gasteiger partial charge on any atom is 0.325 e. The number of hydrogen-bond acceptors (Lipinski definition) is 6. The van der Waals surface area contributed by atoms with Gasteiger partial charge in [0, 0.05) is 11.6 Å². The summed E-state index contributed by atoms with van der Waals surface area (Å²) in [6, 6.07) is 4.83. The van der Waals surface area contributed by atoms with Crippen LogP contribution in [0.15, 0.2) is 18.2 Å². The van der Waals surface area contributed by atoms with Crippen molar-refractivity contribution in [3.05, 3.63) is 23.8 Å². The lowest BCUT2D eigenvalue weighted by Gasteiger charge is -2.12. The SMILES string of the molecule is C[C@H](NC(=O)COC(=O)CNC(=O)c1ccc2c(c1)OCO2)C1CC1. The van der Waals surface area contributed by atoms with Crippen LogP contribution in [0.2, 0.25) is 0 Å². The Labute approximate surface area is 144 Å². The number of carbonyl (C=O) groups excluding carboxylic acids is 3. The molecule has 1 aliphatic carbocycles. The van der Waals surface area contributed by atoms with Gasteiger partial charge in [0.25, 0.3) is 11.8 Å². The molecule has 1 saturated carbocycles. The first-order valence-electron chi connectivity index (χ1n) is 8.16. The van der Waals surface area contributed by atoms with Crippen LogP contribution in [0.4, 0.5) is 0 Å². The third-order valence-corrected chi connectivity index (χ3v) is 4.11. The van der Waals surface area contributed by atoms with Gasteiger partial charge in [-0.05, 0) is 43.9 Å². The fourth-order valence-corrected chi connectivity index (χ4v) is 2.50. The highest BCUT2D eigenvalue weighted by Crippen LogP contribution is 2.32. The summed E-state index contributed by atoms with van der Waals surface area (Å²) in [6.07, 6.45) is 2.24. The number of carbonyl (C=O) groups is 3. The molecule has 0 saturated heterocycles. The van der Waals surface area contributed by atoms with E-state index in [0.717, 1.165) is 12.8 Å². The zero-order valence-corrected chi connectivity index (χ0v) is 13.9. The molecule has 0 radical (unpaired) electrons. The number of nitrogens with one attached hydrogen (secondary N) is 2. The normalized spacial score (nSPS) is 16.0. The Kier molecular flexibility index (Phi) is 5.06. The lowest BCUT2D eigenvalue weighted by Crippen LogP contribution is -2.38. The van der Waals surface area contributed by atoms with Gasteiger partial charge >= 0.3 is 5.97 Å². The van der Waals surface area contributed by atoms with Crippen molar-refractivity contribution < 1.29 is 28.6 Å². The number of rotatable bonds is 7. The van der Waals surface area contributed by atoms with Gasteiger partial charge in [0.05, 0.1) is 0 Å². The monoisotopic (exact) mass is 348 g/mol. The van der Waals surface area contributed by atoms with Crippen LogP contribution < -0.4 is 20.1 Å². The Bertz CT molecular complexity index is 686. The minimum absolute atomic E-state index is 0.0944. The standard InChI is InChI=1S/C17H20N2O6/c1-10(11-2-3-11)19-15(20)8-23-16(21)7-18-17(22)12-4-5-13-14(6-12)25-9-24-13/h4-6,10-11H,2-3,7-9H2,1H3,(H,18,22)(H,19,20)/t10-/m0/s1. The van der Waals surface area contributed by atoms with E-state index in [1.54, 1.807) is 12.1 Å². The van der Waals surface area contributed by atoms with Crippen LogP contribution in [-0.4, -0.2) is 43.8 Å². The molecule has 25 heavy (non-hydrogen) atoms. The average Bonchev–Trinajstić information content (AvgIpc) is 3.35. The number of benzene rings is 1. The highest BCUT2D eigenvalue weighted by Gasteiger charge is 2.29. The van der Waals surface area contributed by atoms with Gasteiger partial charge in [-0.25, -0.2) is 0 Å². The Morgan fingerprint density at radius 3 is 2.76 bits per heavy atom. The van der Waals surface area contributed by atoms with Crippen LogP contribution in [0.25, 0.3) is 0 Å². The molecule has 1 aromatic rings. The Hall–Kier alpha value is -2.77. The third-order valence-electron chi connectivity index (χ3n) is 4.11. The summed E-state index contributed by atoms with van der Waals surface area (Å²) in [5, 5.41) is 5.22. The number of ether oxygens (including phenoxy) is 3. The Morgan fingerprint density at radius 2 is 2.00 bits per heavy atom. The van der Waals surface area contributed by atoms with E-state index in [1.165, 1.54) is 6.07 Å². The second-order valence-electron chi connectivity index (χ2n) is 6.11. The highest BCUT2D eigenvalue weighted by molar-refractivity contribution is 5.96. The first-order chi connectivity index (χ1) is 12.0. The molecular formula is C17H20N2O6. The van der Waals surface area contributed by atoms with Gasteiger partial charge in [0.1, 0.15) is 6.54 Å². The molecule has 1 heterocycles. The van der Waals surface area contributed by atoms with Crippen LogP contribution in [-0.2, 0) is 14.3 Å². The molecule has 0 aromatic heterocycles. The van der Waals surface area contributed by atoms with Crippen molar-refractivity contribution in [3.8, 4) is 11.5 Å². The Balaban J connectivity index is 1.38. The maximum atomic E-state index is 12.0. The van der Waals surface area contributed by atoms with E-state index in [4.69, 9.17) is 14.2 Å². The zero-order chi connectivity index (χ0) is 17.8. The minimum Gasteiger partial charge on any atom is -0.454 e. The van der Waals surface area contributed by atoms with Crippen LogP contribution in [0.5, 0.6) is 11.5 Å². The van der Waals surface area contributed by atoms with E-state index in [9.17, 15) is 14.4 Å². The minimum atomic E-state index is -0.677. The fourth-order valence-electron chi connectivity index (χ4n) is 2.50. The van der Waals surface area contributed by atoms with Crippen molar-refractivity contribution in [1.82, 2.24) is 10.6 Å². The largest absolute Gasteiger partial charge is 0.454 e. The van der Waals surface area contributed by atoms with Crippen molar-refractivity contribution in [2.24, 2.45) is 5.92 Å². The average molecular weight is 348 g/mol. The van der Waals surface area contributed by atoms with Crippen LogP contribution >= 0.6 is 0 Å². The first kappa shape index (κ1) is 17.1. The molecule has 0 unspecified atom stereocenters. The molecule has 3 rings (SSSR count). The second kappa shape index (κ2) is 7.42. The smallest absolute Gasteiger partial charge is 0.325 e. The van der Waals surface area contributed by atoms with Crippen LogP contribution in [0.1, 0.15) is 30.1 Å². The molecule has 0 spiro atoms. The molecule has 1 atom stereocenters. The van der Waals surface area contributed by atoms with E-state index in [-0.39, 0.29) is 31.9 Å². The lowest BCUT2D eigenvalue weighted by molar-refractivity contribution is -0.147. The number of esters is 1. The van der Waals surface area contributed by atoms with Gasteiger partial charge in [0.15, 0.2) is 18.1 Å². The summed E-state index contributed by atoms with van der Waals surface area (Å²) >= 11 is 0. The molecule has 1 aliphatic heterocycles. The van der Waals surface area contributed by atoms with Crippen LogP contribution in [0.3, 0.4) is 0 Å². The van der Waals surface area contributed by atoms with Gasteiger partial charge in [0.2, 0.25) is 6.79 Å². The maximum absolute atomic E-state index is 12.0. The molecular weight excluding hydrogens is 328 g/mol. The summed E-state index contributed by atoms with van der Waals surface area (Å²) in [4.78, 5) is 35.3. The number of hydrogen-bond donors (Lipinski definition) is 2. The van der Waals surface area contributed by atoms with Gasteiger partial charge in [-0.15, -0.1) is 0 Å². The fraction of sp³-hybridized carbons (Fsp3) is 0.471. The van der Waals surface area contributed by atoms with E-state index in [0.29, 0.717) is 23.0 Å². The van der Waals surface area contributed by atoms with Crippen LogP contribution in [0, 0.1) is 5.92 Å². The summed E-state index contributed by atoms with van der Waals surface area (Å²) < 4.78 is 15.2. The van der Waals surface area contributed by atoms with Gasteiger partial charge in [-0.1, -0.05) is 0 Å². The van der Waals surface area contributed by atoms with Crippen molar-refractivity contribution in [1.29, 1.82) is 0 Å². The molecule has 8 heteroatoms. The number of fused-ring (bicyclic) bond motifs is 1. The van der Waals surface area contributed by atoms with E-state index in [1.807, 2.05) is 6.92 Å². The van der Waals surface area contributed by atoms with E-state index < -0.39 is 11.9 Å². The number of amides is 2. The lowest BCUT2D eigenvalue weighted by atomic mass is 10.2. The summed E-state index contributed by atoms with van der Waals surface area (Å²) in [5.74, 6) is 0.125. The summed E-state index contributed by atoms with van der Waals surface area (Å²) in [5.41, 5.74) is 0.341. The van der Waals surface area contributed by atoms with Crippen molar-refractivity contribution in [3.63, 3.8) is 0 Å². The van der Waals surface area contributed by atoms with E-state index in [2.05, 4.69) is 10.6 Å². The molecule has 2 N–H and O–H groups in total. The van der Waals surface area contributed by atoms with Gasteiger partial charge in [-0.2, -0.15) is 0 Å². The predicted molar refractivity (Wildman–Crippen MR) is 86.2 cm³/mol. The first-order valence-corrected chi connectivity index (χ1v) is 8.16. The molecule has 0 bridgehead atoms. The molecule has 2 amide bonds. The molecule has 134 valence electrons. The molecule has 2 aliphatic rings. The quantitative estimate of drug-likeness (QED) is 0.700. The molecule has 1 fully saturated rings. The van der Waals surface area contributed by atoms with Crippen molar-refractivity contribution in [2.45, 2.75) is 25.8 Å².